The predicted octanol–water partition coefficient (Wildman–Crippen LogP) is 1.22. The molecule has 0 bridgehead atoms. The Bertz CT molecular complexity index is 534. The topological polar surface area (TPSA) is 61.7 Å². The first kappa shape index (κ1) is 14.2. The maximum atomic E-state index is 13.7. The van der Waals surface area contributed by atoms with Crippen LogP contribution in [0.3, 0.4) is 0 Å². The summed E-state index contributed by atoms with van der Waals surface area (Å²) in [6.07, 6.45) is 0.966. The Morgan fingerprint density at radius 2 is 2.05 bits per heavy atom. The summed E-state index contributed by atoms with van der Waals surface area (Å²) >= 11 is 0. The Balaban J connectivity index is 1.77. The van der Waals surface area contributed by atoms with Gasteiger partial charge in [-0.05, 0) is 18.6 Å². The molecule has 0 spiro atoms. The number of anilines is 1. The standard InChI is InChI=1S/C14H19FN4O2/c15-12-2-1-3-13(14(12)19(20)21)18-7-4-11(10-18)17-8-5-16-6-9-17/h1-3,11,16H,4-10H2. The van der Waals surface area contributed by atoms with Crippen LogP contribution in [0.25, 0.3) is 0 Å². The molecule has 1 aromatic carbocycles. The number of hydrogen-bond donors (Lipinski definition) is 1. The third kappa shape index (κ3) is 2.84. The molecule has 2 fully saturated rings. The summed E-state index contributed by atoms with van der Waals surface area (Å²) < 4.78 is 13.7. The van der Waals surface area contributed by atoms with E-state index in [2.05, 4.69) is 10.2 Å². The molecule has 3 rings (SSSR count). The lowest BCUT2D eigenvalue weighted by Gasteiger charge is -2.32. The zero-order valence-electron chi connectivity index (χ0n) is 11.8. The summed E-state index contributed by atoms with van der Waals surface area (Å²) in [4.78, 5) is 14.8. The molecule has 2 aliphatic heterocycles. The van der Waals surface area contributed by atoms with E-state index < -0.39 is 16.4 Å². The van der Waals surface area contributed by atoms with E-state index in [-0.39, 0.29) is 0 Å². The van der Waals surface area contributed by atoms with E-state index in [1.54, 1.807) is 6.07 Å². The smallest absolute Gasteiger partial charge is 0.327 e. The van der Waals surface area contributed by atoms with Gasteiger partial charge in [-0.15, -0.1) is 0 Å². The van der Waals surface area contributed by atoms with E-state index in [1.807, 2.05) is 4.90 Å². The first-order valence-corrected chi connectivity index (χ1v) is 7.29. The average molecular weight is 294 g/mol. The van der Waals surface area contributed by atoms with E-state index in [9.17, 15) is 14.5 Å². The molecule has 2 aliphatic rings. The van der Waals surface area contributed by atoms with Gasteiger partial charge >= 0.3 is 5.69 Å². The van der Waals surface area contributed by atoms with Gasteiger partial charge in [-0.3, -0.25) is 15.0 Å². The maximum Gasteiger partial charge on any atom is 0.327 e. The molecule has 0 radical (unpaired) electrons. The van der Waals surface area contributed by atoms with Crippen molar-refractivity contribution in [3.8, 4) is 0 Å². The van der Waals surface area contributed by atoms with Gasteiger partial charge in [0.2, 0.25) is 5.82 Å². The minimum atomic E-state index is -0.761. The molecule has 0 saturated carbocycles. The van der Waals surface area contributed by atoms with Crippen molar-refractivity contribution in [3.63, 3.8) is 0 Å². The summed E-state index contributed by atoms with van der Waals surface area (Å²) in [5.41, 5.74) is -0.00362. The molecule has 1 atom stereocenters. The van der Waals surface area contributed by atoms with Crippen LogP contribution < -0.4 is 10.2 Å². The van der Waals surface area contributed by atoms with Gasteiger partial charge in [0.05, 0.1) is 4.92 Å². The van der Waals surface area contributed by atoms with Crippen molar-refractivity contribution in [3.05, 3.63) is 34.1 Å². The molecular weight excluding hydrogens is 275 g/mol. The second-order valence-corrected chi connectivity index (χ2v) is 5.54. The van der Waals surface area contributed by atoms with Crippen molar-refractivity contribution < 1.29 is 9.31 Å². The molecule has 2 saturated heterocycles. The summed E-state index contributed by atoms with van der Waals surface area (Å²) in [5, 5.41) is 14.4. The Kier molecular flexibility index (Phi) is 4.03. The molecule has 114 valence electrons. The molecule has 21 heavy (non-hydrogen) atoms. The lowest BCUT2D eigenvalue weighted by molar-refractivity contribution is -0.386. The summed E-state index contributed by atoms with van der Waals surface area (Å²) in [6.45, 7) is 5.43. The molecule has 0 aromatic heterocycles. The summed E-state index contributed by atoms with van der Waals surface area (Å²) in [5.74, 6) is -0.761. The zero-order chi connectivity index (χ0) is 14.8. The number of halogens is 1. The van der Waals surface area contributed by atoms with Crippen LogP contribution in [-0.4, -0.2) is 55.1 Å². The molecule has 1 unspecified atom stereocenters. The van der Waals surface area contributed by atoms with Crippen LogP contribution in [0.5, 0.6) is 0 Å². The Morgan fingerprint density at radius 1 is 1.29 bits per heavy atom. The number of nitrogens with zero attached hydrogens (tertiary/aromatic N) is 3. The van der Waals surface area contributed by atoms with Gasteiger partial charge in [-0.2, -0.15) is 4.39 Å². The Hall–Kier alpha value is -1.73. The molecule has 1 N–H and O–H groups in total. The van der Waals surface area contributed by atoms with Gasteiger partial charge in [0, 0.05) is 45.3 Å². The van der Waals surface area contributed by atoms with E-state index in [1.165, 1.54) is 6.07 Å². The average Bonchev–Trinajstić information content (AvgIpc) is 2.97. The van der Waals surface area contributed by atoms with Crippen molar-refractivity contribution in [2.45, 2.75) is 12.5 Å². The van der Waals surface area contributed by atoms with Crippen LogP contribution in [0.4, 0.5) is 15.8 Å². The van der Waals surface area contributed by atoms with Crippen molar-refractivity contribution in [2.75, 3.05) is 44.2 Å². The molecule has 0 aliphatic carbocycles. The van der Waals surface area contributed by atoms with Crippen molar-refractivity contribution in [1.29, 1.82) is 0 Å². The second-order valence-electron chi connectivity index (χ2n) is 5.54. The van der Waals surface area contributed by atoms with Gasteiger partial charge in [0.15, 0.2) is 0 Å². The highest BCUT2D eigenvalue weighted by Gasteiger charge is 2.32. The number of piperazine rings is 1. The van der Waals surface area contributed by atoms with Gasteiger partial charge in [0.25, 0.3) is 0 Å². The van der Waals surface area contributed by atoms with Crippen LogP contribution in [0.15, 0.2) is 18.2 Å². The van der Waals surface area contributed by atoms with E-state index in [0.717, 1.165) is 51.8 Å². The molecule has 0 amide bonds. The largest absolute Gasteiger partial charge is 0.364 e. The number of nitro groups is 1. The molecule has 2 heterocycles. The number of benzene rings is 1. The first-order chi connectivity index (χ1) is 10.2. The third-order valence-electron chi connectivity index (χ3n) is 4.32. The van der Waals surface area contributed by atoms with Crippen LogP contribution in [-0.2, 0) is 0 Å². The predicted molar refractivity (Wildman–Crippen MR) is 78.1 cm³/mol. The minimum Gasteiger partial charge on any atom is -0.364 e. The maximum absolute atomic E-state index is 13.7. The van der Waals surface area contributed by atoms with Crippen molar-refractivity contribution in [1.82, 2.24) is 10.2 Å². The van der Waals surface area contributed by atoms with Gasteiger partial charge < -0.3 is 10.2 Å². The number of para-hydroxylation sites is 1. The minimum absolute atomic E-state index is 0.398. The lowest BCUT2D eigenvalue weighted by Crippen LogP contribution is -2.49. The Morgan fingerprint density at radius 3 is 2.76 bits per heavy atom. The van der Waals surface area contributed by atoms with Crippen molar-refractivity contribution in [2.24, 2.45) is 0 Å². The molecule has 1 aromatic rings. The highest BCUT2D eigenvalue weighted by atomic mass is 19.1. The van der Waals surface area contributed by atoms with E-state index in [4.69, 9.17) is 0 Å². The number of nitro benzene ring substituents is 1. The monoisotopic (exact) mass is 294 g/mol. The quantitative estimate of drug-likeness (QED) is 0.671. The fourth-order valence-corrected chi connectivity index (χ4v) is 3.25. The van der Waals surface area contributed by atoms with Crippen molar-refractivity contribution >= 4 is 11.4 Å². The lowest BCUT2D eigenvalue weighted by atomic mass is 10.2. The van der Waals surface area contributed by atoms with E-state index in [0.29, 0.717) is 11.7 Å². The van der Waals surface area contributed by atoms with Gasteiger partial charge in [-0.1, -0.05) is 6.07 Å². The van der Waals surface area contributed by atoms with Crippen LogP contribution in [0.2, 0.25) is 0 Å². The molecular formula is C14H19FN4O2. The zero-order valence-corrected chi connectivity index (χ0v) is 11.8. The fourth-order valence-electron chi connectivity index (χ4n) is 3.25. The number of hydrogen-bond acceptors (Lipinski definition) is 5. The highest BCUT2D eigenvalue weighted by molar-refractivity contribution is 5.64. The summed E-state index contributed by atoms with van der Waals surface area (Å²) in [6, 6.07) is 4.72. The van der Waals surface area contributed by atoms with E-state index >= 15 is 0 Å². The third-order valence-corrected chi connectivity index (χ3v) is 4.32. The SMILES string of the molecule is O=[N+]([O-])c1c(F)cccc1N1CCC(N2CCNCC2)C1. The van der Waals surface area contributed by atoms with Crippen LogP contribution in [0, 0.1) is 15.9 Å². The molecule has 7 heteroatoms. The number of nitrogens with one attached hydrogen (secondary N) is 1. The fraction of sp³-hybridized carbons (Fsp3) is 0.571. The molecule has 6 nitrogen and oxygen atoms in total. The van der Waals surface area contributed by atoms with Crippen LogP contribution in [0.1, 0.15) is 6.42 Å². The Labute approximate surface area is 122 Å². The normalized spacial score (nSPS) is 23.5. The summed E-state index contributed by atoms with van der Waals surface area (Å²) in [7, 11) is 0. The first-order valence-electron chi connectivity index (χ1n) is 7.29. The second kappa shape index (κ2) is 5.95. The highest BCUT2D eigenvalue weighted by Crippen LogP contribution is 2.33. The van der Waals surface area contributed by atoms with Crippen LogP contribution >= 0.6 is 0 Å². The van der Waals surface area contributed by atoms with Gasteiger partial charge in [0.1, 0.15) is 5.69 Å². The number of rotatable bonds is 3. The van der Waals surface area contributed by atoms with Gasteiger partial charge in [-0.25, -0.2) is 0 Å².